The summed E-state index contributed by atoms with van der Waals surface area (Å²) in [6.07, 6.45) is 0. The normalized spacial score (nSPS) is 9.77. The molecule has 5 heteroatoms. The highest BCUT2D eigenvalue weighted by Crippen LogP contribution is 2.26. The average Bonchev–Trinajstić information content (AvgIpc) is 2.04. The zero-order chi connectivity index (χ0) is 9.68. The molecule has 0 spiro atoms. The summed E-state index contributed by atoms with van der Waals surface area (Å²) in [5.74, 6) is 0.414. The number of benzene rings is 1. The van der Waals surface area contributed by atoms with Gasteiger partial charge in [0.15, 0.2) is 0 Å². The van der Waals surface area contributed by atoms with Crippen molar-refractivity contribution in [2.45, 2.75) is 0 Å². The first-order valence-corrected chi connectivity index (χ1v) is 3.82. The van der Waals surface area contributed by atoms with E-state index >= 15 is 0 Å². The first kappa shape index (κ1) is 10.1. The van der Waals surface area contributed by atoms with E-state index in [0.29, 0.717) is 5.02 Å². The van der Waals surface area contributed by atoms with Crippen molar-refractivity contribution in [3.8, 4) is 11.5 Å². The van der Waals surface area contributed by atoms with Gasteiger partial charge in [-0.15, -0.1) is 0 Å². The molecule has 13 heavy (non-hydrogen) atoms. The zero-order valence-corrected chi connectivity index (χ0v) is 7.35. The van der Waals surface area contributed by atoms with Crippen LogP contribution in [-0.4, -0.2) is 13.7 Å². The van der Waals surface area contributed by atoms with Crippen molar-refractivity contribution in [2.75, 3.05) is 13.7 Å². The molecule has 0 fully saturated rings. The maximum atomic E-state index is 11.7. The molecule has 1 rings (SSSR count). The van der Waals surface area contributed by atoms with Gasteiger partial charge < -0.3 is 9.47 Å². The molecule has 72 valence electrons. The van der Waals surface area contributed by atoms with Gasteiger partial charge in [0.1, 0.15) is 11.5 Å². The summed E-state index contributed by atoms with van der Waals surface area (Å²) in [5, 5.41) is 0.300. The number of alkyl halides is 2. The Balaban J connectivity index is 2.83. The Morgan fingerprint density at radius 2 is 1.46 bits per heavy atom. The summed E-state index contributed by atoms with van der Waals surface area (Å²) >= 11 is 5.62. The molecule has 2 nitrogen and oxygen atoms in total. The van der Waals surface area contributed by atoms with E-state index in [9.17, 15) is 8.78 Å². The van der Waals surface area contributed by atoms with Gasteiger partial charge in [0.25, 0.3) is 0 Å². The van der Waals surface area contributed by atoms with Crippen LogP contribution in [0.1, 0.15) is 0 Å². The fraction of sp³-hybridized carbons (Fsp3) is 0.250. The van der Waals surface area contributed by atoms with Gasteiger partial charge in [-0.2, -0.15) is 0 Å². The molecule has 0 atom stereocenters. The molecule has 0 aliphatic heterocycles. The van der Waals surface area contributed by atoms with E-state index in [1.54, 1.807) is 0 Å². The third-order valence-corrected chi connectivity index (χ3v) is 1.51. The maximum absolute atomic E-state index is 11.7. The number of ether oxygens (including phenoxy) is 2. The highest BCUT2D eigenvalue weighted by Gasteiger charge is 2.01. The van der Waals surface area contributed by atoms with Crippen molar-refractivity contribution in [2.24, 2.45) is 0 Å². The summed E-state index contributed by atoms with van der Waals surface area (Å²) in [7, 11) is 0. The van der Waals surface area contributed by atoms with Gasteiger partial charge in [0.05, 0.1) is 0 Å². The van der Waals surface area contributed by atoms with Gasteiger partial charge in [-0.25, -0.2) is 8.78 Å². The number of halogens is 3. The van der Waals surface area contributed by atoms with E-state index in [2.05, 4.69) is 9.47 Å². The van der Waals surface area contributed by atoms with E-state index < -0.39 is 13.7 Å². The van der Waals surface area contributed by atoms with E-state index in [-0.39, 0.29) is 11.5 Å². The smallest absolute Gasteiger partial charge is 0.228 e. The molecule has 0 aliphatic rings. The second kappa shape index (κ2) is 4.87. The van der Waals surface area contributed by atoms with Crippen molar-refractivity contribution in [3.05, 3.63) is 23.2 Å². The van der Waals surface area contributed by atoms with E-state index in [1.807, 2.05) is 0 Å². The fourth-order valence-electron chi connectivity index (χ4n) is 0.830. The van der Waals surface area contributed by atoms with E-state index in [1.165, 1.54) is 18.2 Å². The van der Waals surface area contributed by atoms with Crippen molar-refractivity contribution in [1.29, 1.82) is 0 Å². The maximum Gasteiger partial charge on any atom is 0.228 e. The van der Waals surface area contributed by atoms with Crippen molar-refractivity contribution < 1.29 is 18.3 Å². The second-order valence-electron chi connectivity index (χ2n) is 2.13. The Labute approximate surface area is 79.0 Å². The quantitative estimate of drug-likeness (QED) is 0.758. The van der Waals surface area contributed by atoms with E-state index in [0.717, 1.165) is 0 Å². The Bertz CT molecular complexity index is 257. The standard InChI is InChI=1S/C8H7ClF2O2/c9-6-1-7(12-4-10)3-8(2-6)13-5-11/h1-3H,4-5H2. The van der Waals surface area contributed by atoms with Crippen LogP contribution in [-0.2, 0) is 0 Å². The van der Waals surface area contributed by atoms with Gasteiger partial charge >= 0.3 is 0 Å². The SMILES string of the molecule is FCOc1cc(Cl)cc(OCF)c1. The van der Waals surface area contributed by atoms with Crippen LogP contribution in [0.25, 0.3) is 0 Å². The van der Waals surface area contributed by atoms with Gasteiger partial charge in [-0.3, -0.25) is 0 Å². The lowest BCUT2D eigenvalue weighted by Crippen LogP contribution is -1.93. The van der Waals surface area contributed by atoms with Gasteiger partial charge in [0, 0.05) is 11.1 Å². The Morgan fingerprint density at radius 1 is 1.00 bits per heavy atom. The van der Waals surface area contributed by atoms with E-state index in [4.69, 9.17) is 11.6 Å². The summed E-state index contributed by atoms with van der Waals surface area (Å²) in [4.78, 5) is 0. The lowest BCUT2D eigenvalue weighted by Gasteiger charge is -2.05. The van der Waals surface area contributed by atoms with Gasteiger partial charge in [-0.05, 0) is 12.1 Å². The summed E-state index contributed by atoms with van der Waals surface area (Å²) in [5.41, 5.74) is 0. The minimum Gasteiger partial charge on any atom is -0.463 e. The molecule has 0 aromatic heterocycles. The molecule has 0 amide bonds. The second-order valence-corrected chi connectivity index (χ2v) is 2.57. The third-order valence-electron chi connectivity index (χ3n) is 1.29. The molecule has 0 aliphatic carbocycles. The lowest BCUT2D eigenvalue weighted by molar-refractivity contribution is 0.182. The molecule has 0 bridgehead atoms. The molecule has 0 heterocycles. The molecule has 1 aromatic rings. The Morgan fingerprint density at radius 3 is 1.85 bits per heavy atom. The van der Waals surface area contributed by atoms with Gasteiger partial charge in [0.2, 0.25) is 13.7 Å². The van der Waals surface area contributed by atoms with Crippen LogP contribution < -0.4 is 9.47 Å². The Kier molecular flexibility index (Phi) is 3.76. The van der Waals surface area contributed by atoms with Crippen LogP contribution in [0.4, 0.5) is 8.78 Å². The molecular formula is C8H7ClF2O2. The van der Waals surface area contributed by atoms with Crippen LogP contribution in [0.2, 0.25) is 5.02 Å². The average molecular weight is 209 g/mol. The molecule has 0 saturated carbocycles. The molecule has 0 unspecified atom stereocenters. The predicted octanol–water partition coefficient (Wildman–Crippen LogP) is 2.95. The highest BCUT2D eigenvalue weighted by atomic mass is 35.5. The van der Waals surface area contributed by atoms with Crippen LogP contribution in [0, 0.1) is 0 Å². The minimum absolute atomic E-state index is 0.207. The topological polar surface area (TPSA) is 18.5 Å². The monoisotopic (exact) mass is 208 g/mol. The van der Waals surface area contributed by atoms with Crippen LogP contribution in [0.3, 0.4) is 0 Å². The van der Waals surface area contributed by atoms with Crippen LogP contribution in [0.5, 0.6) is 11.5 Å². The van der Waals surface area contributed by atoms with Crippen molar-refractivity contribution in [1.82, 2.24) is 0 Å². The summed E-state index contributed by atoms with van der Waals surface area (Å²) in [6, 6.07) is 4.17. The number of rotatable bonds is 4. The largest absolute Gasteiger partial charge is 0.463 e. The lowest BCUT2D eigenvalue weighted by atomic mass is 10.3. The summed E-state index contributed by atoms with van der Waals surface area (Å²) in [6.45, 7) is -1.93. The minimum atomic E-state index is -0.963. The first-order chi connectivity index (χ1) is 6.26. The predicted molar refractivity (Wildman–Crippen MR) is 44.7 cm³/mol. The van der Waals surface area contributed by atoms with Crippen LogP contribution in [0.15, 0.2) is 18.2 Å². The zero-order valence-electron chi connectivity index (χ0n) is 6.60. The summed E-state index contributed by atoms with van der Waals surface area (Å²) < 4.78 is 32.5. The highest BCUT2D eigenvalue weighted by molar-refractivity contribution is 6.30. The molecule has 0 saturated heterocycles. The number of hydrogen-bond acceptors (Lipinski definition) is 2. The van der Waals surface area contributed by atoms with Gasteiger partial charge in [-0.1, -0.05) is 11.6 Å². The Hall–Kier alpha value is -1.03. The molecule has 0 radical (unpaired) electrons. The first-order valence-electron chi connectivity index (χ1n) is 3.44. The van der Waals surface area contributed by atoms with Crippen LogP contribution >= 0.6 is 11.6 Å². The van der Waals surface area contributed by atoms with Crippen molar-refractivity contribution >= 4 is 11.6 Å². The number of hydrogen-bond donors (Lipinski definition) is 0. The molecular weight excluding hydrogens is 202 g/mol. The fourth-order valence-corrected chi connectivity index (χ4v) is 1.04. The van der Waals surface area contributed by atoms with Crippen molar-refractivity contribution in [3.63, 3.8) is 0 Å². The molecule has 1 aromatic carbocycles. The third kappa shape index (κ3) is 3.06. The molecule has 0 N–H and O–H groups in total.